The smallest absolute Gasteiger partial charge is 0.287 e. The Morgan fingerprint density at radius 1 is 1.21 bits per heavy atom. The Morgan fingerprint density at radius 3 is 2.75 bits per heavy atom. The maximum atomic E-state index is 12.6. The van der Waals surface area contributed by atoms with Gasteiger partial charge >= 0.3 is 0 Å². The van der Waals surface area contributed by atoms with Crippen molar-refractivity contribution in [1.82, 2.24) is 5.32 Å². The molecular weight excluding hydrogens is 370 g/mol. The first-order valence-electron chi connectivity index (χ1n) is 7.86. The summed E-state index contributed by atoms with van der Waals surface area (Å²) in [4.78, 5) is 12.6. The first-order valence-corrected chi connectivity index (χ1v) is 8.65. The third-order valence-electron chi connectivity index (χ3n) is 4.58. The van der Waals surface area contributed by atoms with Crippen LogP contribution in [0.15, 0.2) is 57.4 Å². The minimum Gasteiger partial charge on any atom is -0.450 e. The summed E-state index contributed by atoms with van der Waals surface area (Å²) in [6.07, 6.45) is 0.700. The normalized spacial score (nSPS) is 19.4. The molecule has 4 rings (SSSR count). The Balaban J connectivity index is 1.61. The molecule has 0 fully saturated rings. The number of amides is 1. The fourth-order valence-electron chi connectivity index (χ4n) is 3.42. The number of carbonyl (C=O) groups excluding carboxylic acids is 1. The van der Waals surface area contributed by atoms with Gasteiger partial charge in [-0.25, -0.2) is 0 Å². The van der Waals surface area contributed by atoms with Gasteiger partial charge in [-0.1, -0.05) is 36.4 Å². The molecule has 3 aromatic rings. The van der Waals surface area contributed by atoms with E-state index in [0.717, 1.165) is 21.0 Å². The zero-order valence-electron chi connectivity index (χ0n) is 12.8. The van der Waals surface area contributed by atoms with Gasteiger partial charge in [-0.15, -0.1) is 0 Å². The molecular formula is C19H16BrNO3. The van der Waals surface area contributed by atoms with Crippen molar-refractivity contribution in [2.75, 3.05) is 6.61 Å². The number of nitrogens with one attached hydrogen (secondary N) is 1. The molecule has 2 aromatic carbocycles. The topological polar surface area (TPSA) is 62.5 Å². The highest BCUT2D eigenvalue weighted by atomic mass is 79.9. The van der Waals surface area contributed by atoms with Gasteiger partial charge < -0.3 is 14.8 Å². The average Bonchev–Trinajstić information content (AvgIpc) is 3.18. The summed E-state index contributed by atoms with van der Waals surface area (Å²) in [5.74, 6) is 0.120. The highest BCUT2D eigenvalue weighted by molar-refractivity contribution is 9.10. The second-order valence-electron chi connectivity index (χ2n) is 6.04. The van der Waals surface area contributed by atoms with Crippen molar-refractivity contribution < 1.29 is 14.3 Å². The number of aliphatic hydroxyl groups is 1. The van der Waals surface area contributed by atoms with E-state index in [1.807, 2.05) is 42.5 Å². The van der Waals surface area contributed by atoms with Crippen LogP contribution in [-0.4, -0.2) is 17.6 Å². The predicted octanol–water partition coefficient (Wildman–Crippen LogP) is 4.15. The van der Waals surface area contributed by atoms with Gasteiger partial charge in [0.2, 0.25) is 0 Å². The van der Waals surface area contributed by atoms with Gasteiger partial charge in [-0.3, -0.25) is 4.79 Å². The fourth-order valence-corrected chi connectivity index (χ4v) is 3.88. The van der Waals surface area contributed by atoms with Gasteiger partial charge in [0.15, 0.2) is 5.76 Å². The minimum absolute atomic E-state index is 0.0660. The summed E-state index contributed by atoms with van der Waals surface area (Å²) in [6.45, 7) is 0.0843. The van der Waals surface area contributed by atoms with Crippen molar-refractivity contribution in [1.29, 1.82) is 0 Å². The lowest BCUT2D eigenvalue weighted by atomic mass is 10.0. The Labute approximate surface area is 147 Å². The highest BCUT2D eigenvalue weighted by Gasteiger charge is 2.31. The molecule has 1 aromatic heterocycles. The lowest BCUT2D eigenvalue weighted by Crippen LogP contribution is -2.27. The lowest BCUT2D eigenvalue weighted by molar-refractivity contribution is 0.0908. The second kappa shape index (κ2) is 6.07. The number of para-hydroxylation sites is 1. The van der Waals surface area contributed by atoms with Crippen molar-refractivity contribution in [3.63, 3.8) is 0 Å². The number of fused-ring (bicyclic) bond motifs is 2. The van der Waals surface area contributed by atoms with Gasteiger partial charge in [0.25, 0.3) is 5.91 Å². The molecule has 24 heavy (non-hydrogen) atoms. The molecule has 0 aliphatic heterocycles. The van der Waals surface area contributed by atoms with Crippen molar-refractivity contribution in [3.8, 4) is 0 Å². The van der Waals surface area contributed by atoms with E-state index >= 15 is 0 Å². The van der Waals surface area contributed by atoms with Crippen molar-refractivity contribution in [2.24, 2.45) is 0 Å². The van der Waals surface area contributed by atoms with Crippen LogP contribution in [-0.2, 0) is 0 Å². The molecule has 2 N–H and O–H groups in total. The number of carbonyl (C=O) groups is 1. The standard InChI is InChI=1S/C19H16BrNO3/c20-15-7-3-4-11-9-17(24-18(11)15)19(23)21-16-8-12(10-22)13-5-1-2-6-14(13)16/h1-7,9,12,16,22H,8,10H2,(H,21,23)/t12-,16-/m1/s1. The van der Waals surface area contributed by atoms with E-state index < -0.39 is 0 Å². The summed E-state index contributed by atoms with van der Waals surface area (Å²) < 4.78 is 6.53. The number of hydrogen-bond donors (Lipinski definition) is 2. The van der Waals surface area contributed by atoms with Crippen LogP contribution in [0.4, 0.5) is 0 Å². The predicted molar refractivity (Wildman–Crippen MR) is 95.0 cm³/mol. The first-order chi connectivity index (χ1) is 11.7. The zero-order chi connectivity index (χ0) is 16.7. The van der Waals surface area contributed by atoms with E-state index in [4.69, 9.17) is 4.42 Å². The third kappa shape index (κ3) is 2.54. The molecule has 0 unspecified atom stereocenters. The van der Waals surface area contributed by atoms with E-state index in [-0.39, 0.29) is 24.5 Å². The summed E-state index contributed by atoms with van der Waals surface area (Å²) >= 11 is 3.43. The average molecular weight is 386 g/mol. The summed E-state index contributed by atoms with van der Waals surface area (Å²) in [6, 6.07) is 15.3. The van der Waals surface area contributed by atoms with Gasteiger partial charge in [0.1, 0.15) is 5.58 Å². The minimum atomic E-state index is -0.239. The number of aliphatic hydroxyl groups excluding tert-OH is 1. The van der Waals surface area contributed by atoms with Crippen LogP contribution in [0.3, 0.4) is 0 Å². The SMILES string of the molecule is O=C(N[C@@H]1C[C@H](CO)c2ccccc21)c1cc2cccc(Br)c2o1. The molecule has 5 heteroatoms. The number of hydrogen-bond acceptors (Lipinski definition) is 3. The molecule has 0 spiro atoms. The molecule has 1 amide bonds. The van der Waals surface area contributed by atoms with Gasteiger partial charge in [0, 0.05) is 11.3 Å². The van der Waals surface area contributed by atoms with Gasteiger partial charge in [-0.2, -0.15) is 0 Å². The molecule has 1 aliphatic carbocycles. The van der Waals surface area contributed by atoms with Crippen LogP contribution >= 0.6 is 15.9 Å². The second-order valence-corrected chi connectivity index (χ2v) is 6.89. The van der Waals surface area contributed by atoms with Crippen LogP contribution in [0.2, 0.25) is 0 Å². The Kier molecular flexibility index (Phi) is 3.90. The molecule has 0 saturated carbocycles. The highest BCUT2D eigenvalue weighted by Crippen LogP contribution is 2.40. The van der Waals surface area contributed by atoms with Crippen LogP contribution in [0.1, 0.15) is 40.1 Å². The quantitative estimate of drug-likeness (QED) is 0.711. The molecule has 1 heterocycles. The van der Waals surface area contributed by atoms with E-state index in [9.17, 15) is 9.90 Å². The van der Waals surface area contributed by atoms with Crippen molar-refractivity contribution in [3.05, 3.63) is 69.9 Å². The third-order valence-corrected chi connectivity index (χ3v) is 5.20. The lowest BCUT2D eigenvalue weighted by Gasteiger charge is -2.13. The largest absolute Gasteiger partial charge is 0.450 e. The molecule has 0 radical (unpaired) electrons. The summed E-state index contributed by atoms with van der Waals surface area (Å²) in [5, 5.41) is 13.5. The Bertz CT molecular complexity index is 918. The molecule has 0 bridgehead atoms. The number of benzene rings is 2. The summed E-state index contributed by atoms with van der Waals surface area (Å²) in [5.41, 5.74) is 2.85. The summed E-state index contributed by atoms with van der Waals surface area (Å²) in [7, 11) is 0. The van der Waals surface area contributed by atoms with E-state index in [1.54, 1.807) is 6.07 Å². The molecule has 0 saturated heterocycles. The molecule has 4 nitrogen and oxygen atoms in total. The van der Waals surface area contributed by atoms with E-state index in [1.165, 1.54) is 0 Å². The van der Waals surface area contributed by atoms with Crippen molar-refractivity contribution >= 4 is 32.8 Å². The van der Waals surface area contributed by atoms with Crippen LogP contribution < -0.4 is 5.32 Å². The first kappa shape index (κ1) is 15.4. The van der Waals surface area contributed by atoms with E-state index in [0.29, 0.717) is 17.8 Å². The van der Waals surface area contributed by atoms with E-state index in [2.05, 4.69) is 21.2 Å². The van der Waals surface area contributed by atoms with Gasteiger partial charge in [0.05, 0.1) is 17.1 Å². The Hall–Kier alpha value is -2.11. The zero-order valence-corrected chi connectivity index (χ0v) is 14.4. The molecule has 2 atom stereocenters. The van der Waals surface area contributed by atoms with Gasteiger partial charge in [-0.05, 0) is 45.6 Å². The maximum Gasteiger partial charge on any atom is 0.287 e. The fraction of sp³-hybridized carbons (Fsp3) is 0.211. The molecule has 1 aliphatic rings. The van der Waals surface area contributed by atoms with Crippen molar-refractivity contribution in [2.45, 2.75) is 18.4 Å². The van der Waals surface area contributed by atoms with Crippen LogP contribution in [0.25, 0.3) is 11.0 Å². The Morgan fingerprint density at radius 2 is 2.00 bits per heavy atom. The van der Waals surface area contributed by atoms with Crippen LogP contribution in [0, 0.1) is 0 Å². The number of furan rings is 1. The number of halogens is 1. The maximum absolute atomic E-state index is 12.6. The number of rotatable bonds is 3. The molecule has 122 valence electrons. The van der Waals surface area contributed by atoms with Crippen LogP contribution in [0.5, 0.6) is 0 Å². The monoisotopic (exact) mass is 385 g/mol.